The Labute approximate surface area is 375 Å². The third kappa shape index (κ3) is 47.5. The summed E-state index contributed by atoms with van der Waals surface area (Å²) in [5.74, 6) is -0.974. The molecule has 1 atom stereocenters. The highest BCUT2D eigenvalue weighted by atomic mass is 16.6. The molecule has 0 aliphatic rings. The van der Waals surface area contributed by atoms with Gasteiger partial charge in [0.05, 0.1) is 0 Å². The van der Waals surface area contributed by atoms with Crippen molar-refractivity contribution in [1.29, 1.82) is 0 Å². The van der Waals surface area contributed by atoms with Crippen LogP contribution in [0.4, 0.5) is 0 Å². The van der Waals surface area contributed by atoms with Crippen LogP contribution in [-0.4, -0.2) is 37.2 Å². The molecule has 0 radical (unpaired) electrons. The van der Waals surface area contributed by atoms with Crippen LogP contribution in [0.2, 0.25) is 0 Å². The van der Waals surface area contributed by atoms with E-state index in [0.29, 0.717) is 19.3 Å². The van der Waals surface area contributed by atoms with Crippen molar-refractivity contribution in [2.45, 2.75) is 232 Å². The lowest BCUT2D eigenvalue weighted by Gasteiger charge is -2.18. The Balaban J connectivity index is 4.45. The first-order chi connectivity index (χ1) is 30.0. The maximum Gasteiger partial charge on any atom is 0.306 e. The largest absolute Gasteiger partial charge is 0.462 e. The molecule has 0 aromatic heterocycles. The fourth-order valence-corrected chi connectivity index (χ4v) is 6.73. The number of carbonyl (C=O) groups is 3. The highest BCUT2D eigenvalue weighted by molar-refractivity contribution is 5.71. The number of allylic oxidation sites excluding steroid dienone is 14. The van der Waals surface area contributed by atoms with E-state index in [4.69, 9.17) is 14.2 Å². The topological polar surface area (TPSA) is 78.9 Å². The molecule has 0 amide bonds. The second-order valence-electron chi connectivity index (χ2n) is 16.5. The van der Waals surface area contributed by atoms with Crippen LogP contribution in [0.5, 0.6) is 0 Å². The molecular formula is C55H92O6. The normalized spacial score (nSPS) is 12.8. The molecule has 0 saturated heterocycles. The predicted molar refractivity (Wildman–Crippen MR) is 261 cm³/mol. The quantitative estimate of drug-likeness (QED) is 0.0263. The van der Waals surface area contributed by atoms with Crippen LogP contribution in [0, 0.1) is 0 Å². The molecule has 0 aliphatic carbocycles. The molecule has 0 fully saturated rings. The maximum atomic E-state index is 12.8. The molecule has 0 spiro atoms. The second-order valence-corrected chi connectivity index (χ2v) is 16.5. The van der Waals surface area contributed by atoms with Gasteiger partial charge in [0.15, 0.2) is 6.10 Å². The van der Waals surface area contributed by atoms with E-state index in [-0.39, 0.29) is 37.5 Å². The standard InChI is InChI=1S/C55H92O6/c1-4-7-10-13-16-19-22-24-26-27-29-30-33-36-39-42-45-48-54(57)60-51-52(50-59-53(56)47-44-41-38-35-32-21-18-15-12-9-6-3)61-55(58)49-46-43-40-37-34-31-28-25-23-20-17-14-11-8-5-2/h8,11,14-15,17-18,20-21,23,25,28,31-32,34,52H,4-7,9-10,12-13,16,19,22,24,26-27,29-30,33,35-51H2,1-3H3/b11-8-,17-14-,18-15-,23-20-,28-25-,32-21-,34-31-. The molecule has 61 heavy (non-hydrogen) atoms. The zero-order chi connectivity index (χ0) is 44.4. The van der Waals surface area contributed by atoms with Crippen molar-refractivity contribution in [3.8, 4) is 0 Å². The molecule has 348 valence electrons. The molecule has 0 aromatic carbocycles. The number of hydrogen-bond acceptors (Lipinski definition) is 6. The average molecular weight is 849 g/mol. The first-order valence-electron chi connectivity index (χ1n) is 25.2. The number of carbonyl (C=O) groups excluding carboxylic acids is 3. The molecule has 6 nitrogen and oxygen atoms in total. The highest BCUT2D eigenvalue weighted by Crippen LogP contribution is 2.15. The van der Waals surface area contributed by atoms with E-state index in [1.54, 1.807) is 0 Å². The van der Waals surface area contributed by atoms with Crippen molar-refractivity contribution in [2.24, 2.45) is 0 Å². The van der Waals surface area contributed by atoms with Crippen molar-refractivity contribution in [1.82, 2.24) is 0 Å². The van der Waals surface area contributed by atoms with Gasteiger partial charge in [-0.25, -0.2) is 0 Å². The Hall–Kier alpha value is -3.41. The van der Waals surface area contributed by atoms with Gasteiger partial charge in [0.25, 0.3) is 0 Å². The smallest absolute Gasteiger partial charge is 0.306 e. The van der Waals surface area contributed by atoms with Crippen LogP contribution in [0.1, 0.15) is 226 Å². The van der Waals surface area contributed by atoms with Crippen molar-refractivity contribution >= 4 is 17.9 Å². The first kappa shape index (κ1) is 57.6. The van der Waals surface area contributed by atoms with Gasteiger partial charge in [0.2, 0.25) is 0 Å². The van der Waals surface area contributed by atoms with Crippen LogP contribution in [0.3, 0.4) is 0 Å². The third-order valence-corrected chi connectivity index (χ3v) is 10.5. The summed E-state index contributed by atoms with van der Waals surface area (Å²) in [5, 5.41) is 0. The SMILES string of the molecule is CC\C=C/C=C\C=C/C=C\C=C/CCCCCC(=O)OC(COC(=O)CCCCC/C=C\C=C/CCCC)COC(=O)CCCCCCCCCCCCCCCCCCC. The van der Waals surface area contributed by atoms with Gasteiger partial charge in [0, 0.05) is 19.3 Å². The van der Waals surface area contributed by atoms with Crippen molar-refractivity contribution in [3.05, 3.63) is 85.1 Å². The lowest BCUT2D eigenvalue weighted by Crippen LogP contribution is -2.30. The maximum absolute atomic E-state index is 12.8. The van der Waals surface area contributed by atoms with E-state index in [0.717, 1.165) is 77.0 Å². The van der Waals surface area contributed by atoms with Gasteiger partial charge in [-0.15, -0.1) is 0 Å². The van der Waals surface area contributed by atoms with Gasteiger partial charge >= 0.3 is 17.9 Å². The van der Waals surface area contributed by atoms with Crippen LogP contribution in [0.15, 0.2) is 85.1 Å². The second kappa shape index (κ2) is 49.2. The van der Waals surface area contributed by atoms with E-state index >= 15 is 0 Å². The minimum Gasteiger partial charge on any atom is -0.462 e. The summed E-state index contributed by atoms with van der Waals surface area (Å²) in [4.78, 5) is 37.9. The molecule has 0 rings (SSSR count). The molecule has 1 unspecified atom stereocenters. The summed E-state index contributed by atoms with van der Waals surface area (Å²) >= 11 is 0. The fourth-order valence-electron chi connectivity index (χ4n) is 6.73. The minimum atomic E-state index is -0.807. The first-order valence-corrected chi connectivity index (χ1v) is 25.2. The monoisotopic (exact) mass is 849 g/mol. The molecule has 6 heteroatoms. The van der Waals surface area contributed by atoms with Gasteiger partial charge in [-0.1, -0.05) is 234 Å². The lowest BCUT2D eigenvalue weighted by atomic mass is 10.0. The van der Waals surface area contributed by atoms with Gasteiger partial charge in [-0.2, -0.15) is 0 Å². The van der Waals surface area contributed by atoms with Gasteiger partial charge < -0.3 is 14.2 Å². The summed E-state index contributed by atoms with van der Waals surface area (Å²) in [5.41, 5.74) is 0. The minimum absolute atomic E-state index is 0.101. The van der Waals surface area contributed by atoms with E-state index in [1.165, 1.54) is 103 Å². The molecule has 0 saturated carbocycles. The van der Waals surface area contributed by atoms with E-state index in [1.807, 2.05) is 48.6 Å². The Morgan fingerprint density at radius 1 is 0.344 bits per heavy atom. The molecule has 0 aromatic rings. The zero-order valence-corrected chi connectivity index (χ0v) is 39.7. The summed E-state index contributed by atoms with van der Waals surface area (Å²) in [6.45, 7) is 6.38. The molecule has 0 aliphatic heterocycles. The van der Waals surface area contributed by atoms with Crippen molar-refractivity contribution in [3.63, 3.8) is 0 Å². The molecule has 0 N–H and O–H groups in total. The van der Waals surface area contributed by atoms with Crippen molar-refractivity contribution < 1.29 is 28.6 Å². The Kier molecular flexibility index (Phi) is 46.5. The van der Waals surface area contributed by atoms with Gasteiger partial charge in [0.1, 0.15) is 13.2 Å². The number of rotatable bonds is 44. The van der Waals surface area contributed by atoms with Crippen LogP contribution in [0.25, 0.3) is 0 Å². The van der Waals surface area contributed by atoms with Crippen LogP contribution < -0.4 is 0 Å². The Morgan fingerprint density at radius 3 is 1.07 bits per heavy atom. The van der Waals surface area contributed by atoms with Crippen LogP contribution >= 0.6 is 0 Å². The molecule has 0 heterocycles. The fraction of sp³-hybridized carbons (Fsp3) is 0.691. The number of unbranched alkanes of at least 4 members (excludes halogenated alkanes) is 24. The summed E-state index contributed by atoms with van der Waals surface area (Å²) in [7, 11) is 0. The molecule has 0 bridgehead atoms. The van der Waals surface area contributed by atoms with Crippen LogP contribution in [-0.2, 0) is 28.6 Å². The lowest BCUT2D eigenvalue weighted by molar-refractivity contribution is -0.167. The number of hydrogen-bond donors (Lipinski definition) is 0. The van der Waals surface area contributed by atoms with Gasteiger partial charge in [-0.3, -0.25) is 14.4 Å². The van der Waals surface area contributed by atoms with Crippen molar-refractivity contribution in [2.75, 3.05) is 13.2 Å². The summed E-state index contributed by atoms with van der Waals surface area (Å²) in [6.07, 6.45) is 62.8. The number of ether oxygens (including phenoxy) is 3. The van der Waals surface area contributed by atoms with E-state index < -0.39 is 6.10 Å². The Bertz CT molecular complexity index is 1200. The predicted octanol–water partition coefficient (Wildman–Crippen LogP) is 16.4. The average Bonchev–Trinajstić information content (AvgIpc) is 3.26. The van der Waals surface area contributed by atoms with E-state index in [2.05, 4.69) is 57.2 Å². The Morgan fingerprint density at radius 2 is 0.656 bits per heavy atom. The highest BCUT2D eigenvalue weighted by Gasteiger charge is 2.19. The zero-order valence-electron chi connectivity index (χ0n) is 39.7. The third-order valence-electron chi connectivity index (χ3n) is 10.5. The van der Waals surface area contributed by atoms with Gasteiger partial charge in [-0.05, 0) is 57.8 Å². The molecular weight excluding hydrogens is 757 g/mol. The van der Waals surface area contributed by atoms with E-state index in [9.17, 15) is 14.4 Å². The summed E-state index contributed by atoms with van der Waals surface area (Å²) in [6, 6.07) is 0. The summed E-state index contributed by atoms with van der Waals surface area (Å²) < 4.78 is 16.7. The number of esters is 3.